The summed E-state index contributed by atoms with van der Waals surface area (Å²) in [5.41, 5.74) is 1.06. The minimum atomic E-state index is -0.145. The third kappa shape index (κ3) is 4.86. The average molecular weight is 237 g/mol. The molecule has 2 heteroatoms. The van der Waals surface area contributed by atoms with Crippen LogP contribution in [-0.2, 0) is 0 Å². The fourth-order valence-electron chi connectivity index (χ4n) is 2.32. The van der Waals surface area contributed by atoms with Crippen LogP contribution < -0.4 is 5.32 Å². The van der Waals surface area contributed by atoms with E-state index >= 15 is 0 Å². The van der Waals surface area contributed by atoms with E-state index in [1.165, 1.54) is 18.9 Å². The molecule has 0 fully saturated rings. The van der Waals surface area contributed by atoms with Gasteiger partial charge in [-0.3, -0.25) is 0 Å². The zero-order chi connectivity index (χ0) is 12.7. The van der Waals surface area contributed by atoms with Gasteiger partial charge in [0, 0.05) is 6.04 Å². The minimum Gasteiger partial charge on any atom is -0.310 e. The maximum absolute atomic E-state index is 13.2. The van der Waals surface area contributed by atoms with Crippen LogP contribution in [0.15, 0.2) is 24.3 Å². The first-order valence-corrected chi connectivity index (χ1v) is 6.66. The van der Waals surface area contributed by atoms with Crippen LogP contribution in [0, 0.1) is 11.7 Å². The Morgan fingerprint density at radius 3 is 2.65 bits per heavy atom. The number of nitrogens with one attached hydrogen (secondary N) is 1. The van der Waals surface area contributed by atoms with Crippen molar-refractivity contribution in [1.29, 1.82) is 0 Å². The highest BCUT2D eigenvalue weighted by Crippen LogP contribution is 2.24. The summed E-state index contributed by atoms with van der Waals surface area (Å²) in [6.45, 7) is 7.49. The molecule has 0 spiro atoms. The molecule has 0 bridgehead atoms. The molecule has 0 heterocycles. The molecule has 0 aliphatic carbocycles. The number of benzene rings is 1. The molecule has 2 atom stereocenters. The lowest BCUT2D eigenvalue weighted by Crippen LogP contribution is -2.23. The molecule has 0 saturated heterocycles. The Hall–Kier alpha value is -0.890. The van der Waals surface area contributed by atoms with Gasteiger partial charge in [-0.05, 0) is 36.6 Å². The van der Waals surface area contributed by atoms with Crippen molar-refractivity contribution >= 4 is 0 Å². The van der Waals surface area contributed by atoms with Crippen molar-refractivity contribution < 1.29 is 4.39 Å². The lowest BCUT2D eigenvalue weighted by atomic mass is 9.93. The van der Waals surface area contributed by atoms with Gasteiger partial charge in [0.2, 0.25) is 0 Å². The Morgan fingerprint density at radius 1 is 1.29 bits per heavy atom. The molecule has 0 amide bonds. The van der Waals surface area contributed by atoms with Crippen LogP contribution in [0.5, 0.6) is 0 Å². The van der Waals surface area contributed by atoms with E-state index in [1.54, 1.807) is 12.1 Å². The third-order valence-electron chi connectivity index (χ3n) is 3.12. The van der Waals surface area contributed by atoms with E-state index in [4.69, 9.17) is 0 Å². The van der Waals surface area contributed by atoms with E-state index in [9.17, 15) is 4.39 Å². The quantitative estimate of drug-likeness (QED) is 0.745. The summed E-state index contributed by atoms with van der Waals surface area (Å²) >= 11 is 0. The van der Waals surface area contributed by atoms with Crippen LogP contribution in [0.3, 0.4) is 0 Å². The molecule has 0 aromatic heterocycles. The van der Waals surface area contributed by atoms with Gasteiger partial charge in [-0.1, -0.05) is 45.7 Å². The van der Waals surface area contributed by atoms with E-state index in [1.807, 2.05) is 6.07 Å². The molecule has 1 rings (SSSR count). The highest BCUT2D eigenvalue weighted by molar-refractivity contribution is 5.20. The largest absolute Gasteiger partial charge is 0.310 e. The molecule has 0 saturated carbocycles. The van der Waals surface area contributed by atoms with Crippen molar-refractivity contribution in [3.05, 3.63) is 35.6 Å². The molecular weight excluding hydrogens is 213 g/mol. The Morgan fingerprint density at radius 2 is 2.06 bits per heavy atom. The fourth-order valence-corrected chi connectivity index (χ4v) is 2.32. The Kier molecular flexibility index (Phi) is 6.20. The number of hydrogen-bond acceptors (Lipinski definition) is 1. The zero-order valence-electron chi connectivity index (χ0n) is 11.2. The summed E-state index contributed by atoms with van der Waals surface area (Å²) in [6, 6.07) is 7.22. The first-order chi connectivity index (χ1) is 8.17. The highest BCUT2D eigenvalue weighted by Gasteiger charge is 2.14. The normalized spacial score (nSPS) is 14.6. The number of halogens is 1. The van der Waals surface area contributed by atoms with Gasteiger partial charge in [0.05, 0.1) is 0 Å². The van der Waals surface area contributed by atoms with Gasteiger partial charge >= 0.3 is 0 Å². The maximum Gasteiger partial charge on any atom is 0.123 e. The van der Waals surface area contributed by atoms with E-state index in [2.05, 4.69) is 26.1 Å². The standard InChI is InChI=1S/C15H24FN/c1-4-7-12(3)10-15(17-5-2)13-8-6-9-14(16)11-13/h6,8-9,11-12,15,17H,4-5,7,10H2,1-3H3. The smallest absolute Gasteiger partial charge is 0.123 e. The van der Waals surface area contributed by atoms with Gasteiger partial charge < -0.3 is 5.32 Å². The molecule has 17 heavy (non-hydrogen) atoms. The van der Waals surface area contributed by atoms with Crippen molar-refractivity contribution in [2.75, 3.05) is 6.54 Å². The summed E-state index contributed by atoms with van der Waals surface area (Å²) in [6.07, 6.45) is 3.52. The molecule has 1 N–H and O–H groups in total. The summed E-state index contributed by atoms with van der Waals surface area (Å²) in [5.74, 6) is 0.529. The van der Waals surface area contributed by atoms with Gasteiger partial charge in [0.15, 0.2) is 0 Å². The molecule has 1 aromatic rings. The first kappa shape index (κ1) is 14.2. The van der Waals surface area contributed by atoms with Gasteiger partial charge in [0.25, 0.3) is 0 Å². The number of hydrogen-bond donors (Lipinski definition) is 1. The second-order valence-corrected chi connectivity index (χ2v) is 4.79. The van der Waals surface area contributed by atoms with Gasteiger partial charge in [-0.25, -0.2) is 4.39 Å². The summed E-state index contributed by atoms with van der Waals surface area (Å²) in [4.78, 5) is 0. The lowest BCUT2D eigenvalue weighted by Gasteiger charge is -2.22. The van der Waals surface area contributed by atoms with Gasteiger partial charge in [-0.2, -0.15) is 0 Å². The van der Waals surface area contributed by atoms with Gasteiger partial charge in [0.1, 0.15) is 5.82 Å². The fraction of sp³-hybridized carbons (Fsp3) is 0.600. The van der Waals surface area contributed by atoms with Crippen LogP contribution in [-0.4, -0.2) is 6.54 Å². The second-order valence-electron chi connectivity index (χ2n) is 4.79. The predicted octanol–water partition coefficient (Wildman–Crippen LogP) is 4.30. The third-order valence-corrected chi connectivity index (χ3v) is 3.12. The van der Waals surface area contributed by atoms with Crippen molar-refractivity contribution in [2.45, 2.75) is 46.1 Å². The van der Waals surface area contributed by atoms with E-state index < -0.39 is 0 Å². The molecule has 0 radical (unpaired) electrons. The Labute approximate surface area is 104 Å². The Balaban J connectivity index is 2.71. The van der Waals surface area contributed by atoms with E-state index in [-0.39, 0.29) is 11.9 Å². The highest BCUT2D eigenvalue weighted by atomic mass is 19.1. The molecule has 1 nitrogen and oxygen atoms in total. The minimum absolute atomic E-state index is 0.145. The van der Waals surface area contributed by atoms with Crippen LogP contribution in [0.4, 0.5) is 4.39 Å². The SMILES string of the molecule is CCCC(C)CC(NCC)c1cccc(F)c1. The number of rotatable bonds is 7. The zero-order valence-corrected chi connectivity index (χ0v) is 11.2. The van der Waals surface area contributed by atoms with Crippen LogP contribution in [0.2, 0.25) is 0 Å². The monoisotopic (exact) mass is 237 g/mol. The van der Waals surface area contributed by atoms with E-state index in [0.717, 1.165) is 18.5 Å². The van der Waals surface area contributed by atoms with E-state index in [0.29, 0.717) is 5.92 Å². The van der Waals surface area contributed by atoms with Crippen molar-refractivity contribution in [3.63, 3.8) is 0 Å². The summed E-state index contributed by atoms with van der Waals surface area (Å²) < 4.78 is 13.2. The topological polar surface area (TPSA) is 12.0 Å². The maximum atomic E-state index is 13.2. The second kappa shape index (κ2) is 7.44. The summed E-state index contributed by atoms with van der Waals surface area (Å²) in [5, 5.41) is 3.45. The molecule has 1 aromatic carbocycles. The lowest BCUT2D eigenvalue weighted by molar-refractivity contribution is 0.394. The molecular formula is C15H24FN. The molecule has 96 valence electrons. The van der Waals surface area contributed by atoms with Gasteiger partial charge in [-0.15, -0.1) is 0 Å². The molecule has 0 aliphatic rings. The van der Waals surface area contributed by atoms with Crippen LogP contribution in [0.25, 0.3) is 0 Å². The average Bonchev–Trinajstić information content (AvgIpc) is 2.29. The molecule has 0 aliphatic heterocycles. The predicted molar refractivity (Wildman–Crippen MR) is 71.5 cm³/mol. The van der Waals surface area contributed by atoms with Crippen molar-refractivity contribution in [3.8, 4) is 0 Å². The Bertz CT molecular complexity index is 324. The van der Waals surface area contributed by atoms with Crippen LogP contribution in [0.1, 0.15) is 51.6 Å². The first-order valence-electron chi connectivity index (χ1n) is 6.66. The molecule has 2 unspecified atom stereocenters. The summed E-state index contributed by atoms with van der Waals surface area (Å²) in [7, 11) is 0. The van der Waals surface area contributed by atoms with Crippen LogP contribution >= 0.6 is 0 Å². The van der Waals surface area contributed by atoms with Crippen molar-refractivity contribution in [1.82, 2.24) is 5.32 Å². The van der Waals surface area contributed by atoms with Crippen molar-refractivity contribution in [2.24, 2.45) is 5.92 Å².